The zero-order valence-electron chi connectivity index (χ0n) is 39.8. The summed E-state index contributed by atoms with van der Waals surface area (Å²) >= 11 is 0. The predicted molar refractivity (Wildman–Crippen MR) is 309 cm³/mol. The third-order valence-corrected chi connectivity index (χ3v) is 16.1. The molecule has 4 heteroatoms. The fourth-order valence-electron chi connectivity index (χ4n) is 12.9. The van der Waals surface area contributed by atoms with Gasteiger partial charge in [-0.05, 0) is 181 Å². The summed E-state index contributed by atoms with van der Waals surface area (Å²) in [5.74, 6) is 3.30. The third-order valence-electron chi connectivity index (χ3n) is 16.1. The number of para-hydroxylation sites is 8. The van der Waals surface area contributed by atoms with E-state index in [2.05, 4.69) is 252 Å². The molecule has 2 aliphatic rings. The van der Waals surface area contributed by atoms with Crippen molar-refractivity contribution in [3.63, 3.8) is 0 Å². The fourth-order valence-corrected chi connectivity index (χ4v) is 12.9. The van der Waals surface area contributed by atoms with Crippen LogP contribution in [0.5, 0.6) is 23.0 Å². The summed E-state index contributed by atoms with van der Waals surface area (Å²) < 4.78 is 13.2. The molecule has 0 aromatic heterocycles. The second-order valence-corrected chi connectivity index (χ2v) is 19.9. The number of hydrogen-bond donors (Lipinski definition) is 0. The first-order valence-electron chi connectivity index (χ1n) is 25.4. The van der Waals surface area contributed by atoms with Crippen LogP contribution in [0.3, 0.4) is 0 Å². The van der Waals surface area contributed by atoms with Crippen LogP contribution in [0.25, 0.3) is 108 Å². The Labute approximate surface area is 425 Å². The maximum atomic E-state index is 6.59. The number of fused-ring (bicyclic) bond motifs is 6. The van der Waals surface area contributed by atoms with Gasteiger partial charge in [-0.3, -0.25) is 0 Å². The SMILES string of the molecule is c1ccc2c(c1)Oc1ccccc1N2c1ccc2c(-c3ccc4ccc5cccc6ccc3c4c56)c3cc(N4c5ccccc5Oc5ccccc54)ccc3c(-c3ccc4ccc5cccc6ccc3c4c56)c2c1. The first-order chi connectivity index (χ1) is 36.7. The molecule has 0 saturated carbocycles. The summed E-state index contributed by atoms with van der Waals surface area (Å²) in [7, 11) is 0. The van der Waals surface area contributed by atoms with Crippen LogP contribution in [-0.4, -0.2) is 0 Å². The summed E-state index contributed by atoms with van der Waals surface area (Å²) in [6.07, 6.45) is 0. The molecule has 0 aliphatic carbocycles. The Kier molecular flexibility index (Phi) is 7.97. The molecule has 2 heterocycles. The molecule has 0 radical (unpaired) electrons. The summed E-state index contributed by atoms with van der Waals surface area (Å²) in [5.41, 5.74) is 10.9. The lowest BCUT2D eigenvalue weighted by Gasteiger charge is -2.33. The van der Waals surface area contributed by atoms with Crippen molar-refractivity contribution >= 4 is 120 Å². The average molecular weight is 941 g/mol. The van der Waals surface area contributed by atoms with Gasteiger partial charge in [-0.2, -0.15) is 0 Å². The van der Waals surface area contributed by atoms with Gasteiger partial charge in [-0.15, -0.1) is 0 Å². The minimum atomic E-state index is 0.824. The second-order valence-electron chi connectivity index (χ2n) is 19.9. The number of benzene rings is 15. The lowest BCUT2D eigenvalue weighted by atomic mass is 9.81. The molecule has 2 aliphatic heterocycles. The summed E-state index contributed by atoms with van der Waals surface area (Å²) in [5, 5.41) is 19.8. The average Bonchev–Trinajstić information content (AvgIpc) is 3.46. The molecule has 342 valence electrons. The highest BCUT2D eigenvalue weighted by atomic mass is 16.5. The van der Waals surface area contributed by atoms with Crippen LogP contribution in [0.2, 0.25) is 0 Å². The normalized spacial score (nSPS) is 13.0. The first-order valence-corrected chi connectivity index (χ1v) is 25.4. The lowest BCUT2D eigenvalue weighted by Crippen LogP contribution is -2.16. The van der Waals surface area contributed by atoms with Gasteiger partial charge in [0.05, 0.1) is 22.7 Å². The molecular weight excluding hydrogens is 901 g/mol. The van der Waals surface area contributed by atoms with E-state index in [9.17, 15) is 0 Å². The molecule has 0 spiro atoms. The molecule has 4 nitrogen and oxygen atoms in total. The quantitative estimate of drug-likeness (QED) is 0.130. The molecule has 0 saturated heterocycles. The Bertz CT molecular complexity index is 4450. The zero-order chi connectivity index (χ0) is 48.2. The Morgan fingerprint density at radius 1 is 0.230 bits per heavy atom. The van der Waals surface area contributed by atoms with Crippen LogP contribution >= 0.6 is 0 Å². The molecule has 0 N–H and O–H groups in total. The maximum Gasteiger partial charge on any atom is 0.151 e. The van der Waals surface area contributed by atoms with Crippen LogP contribution in [0.1, 0.15) is 0 Å². The maximum absolute atomic E-state index is 6.59. The summed E-state index contributed by atoms with van der Waals surface area (Å²) in [6, 6.07) is 89.1. The molecule has 0 unspecified atom stereocenters. The van der Waals surface area contributed by atoms with Gasteiger partial charge in [0.25, 0.3) is 0 Å². The smallest absolute Gasteiger partial charge is 0.151 e. The van der Waals surface area contributed by atoms with Crippen molar-refractivity contribution in [3.05, 3.63) is 243 Å². The molecule has 0 bridgehead atoms. The van der Waals surface area contributed by atoms with E-state index in [1.807, 2.05) is 0 Å². The molecule has 74 heavy (non-hydrogen) atoms. The van der Waals surface area contributed by atoms with Crippen molar-refractivity contribution in [1.29, 1.82) is 0 Å². The van der Waals surface area contributed by atoms with Crippen molar-refractivity contribution in [2.24, 2.45) is 0 Å². The molecule has 17 rings (SSSR count). The van der Waals surface area contributed by atoms with Gasteiger partial charge in [0.2, 0.25) is 0 Å². The molecular formula is C70H40N2O2. The van der Waals surface area contributed by atoms with Gasteiger partial charge in [-0.25, -0.2) is 0 Å². The van der Waals surface area contributed by atoms with Gasteiger partial charge in [-0.1, -0.05) is 170 Å². The molecule has 0 fully saturated rings. The number of rotatable bonds is 4. The van der Waals surface area contributed by atoms with E-state index in [1.165, 1.54) is 108 Å². The highest BCUT2D eigenvalue weighted by molar-refractivity contribution is 6.32. The molecule has 0 atom stereocenters. The monoisotopic (exact) mass is 940 g/mol. The van der Waals surface area contributed by atoms with Crippen LogP contribution in [0.4, 0.5) is 34.1 Å². The predicted octanol–water partition coefficient (Wildman–Crippen LogP) is 20.3. The lowest BCUT2D eigenvalue weighted by molar-refractivity contribution is 0.477. The van der Waals surface area contributed by atoms with Gasteiger partial charge in [0.15, 0.2) is 23.0 Å². The number of ether oxygens (including phenoxy) is 2. The standard InChI is InChI=1S/C70H40N2O2/c1-5-19-61-57(15-1)71(58-16-2-6-20-62(58)73-61)47-31-37-53-55(39-47)69(51-35-29-45-25-23-41-11-9-13-43-27-33-49(51)67(45)65(41)43)54-38-32-48(72-59-17-3-7-21-63(59)74-64-22-8-4-18-60(64)72)40-56(54)70(53)52-36-30-46-26-24-42-12-10-14-44-28-34-50(52)68(46)66(42)44/h1-40H. The summed E-state index contributed by atoms with van der Waals surface area (Å²) in [6.45, 7) is 0. The van der Waals surface area contributed by atoms with Crippen molar-refractivity contribution in [3.8, 4) is 45.3 Å². The zero-order valence-corrected chi connectivity index (χ0v) is 39.8. The van der Waals surface area contributed by atoms with Crippen LogP contribution in [0, 0.1) is 0 Å². The van der Waals surface area contributed by atoms with Crippen molar-refractivity contribution in [2.75, 3.05) is 9.80 Å². The van der Waals surface area contributed by atoms with Crippen molar-refractivity contribution in [2.45, 2.75) is 0 Å². The Hall–Kier alpha value is -9.90. The Balaban J connectivity index is 1.05. The van der Waals surface area contributed by atoms with Crippen LogP contribution < -0.4 is 19.3 Å². The minimum Gasteiger partial charge on any atom is -0.453 e. The topological polar surface area (TPSA) is 24.9 Å². The van der Waals surface area contributed by atoms with Gasteiger partial charge >= 0.3 is 0 Å². The van der Waals surface area contributed by atoms with E-state index < -0.39 is 0 Å². The number of hydrogen-bond acceptors (Lipinski definition) is 4. The van der Waals surface area contributed by atoms with E-state index in [1.54, 1.807) is 0 Å². The van der Waals surface area contributed by atoms with Gasteiger partial charge < -0.3 is 19.3 Å². The van der Waals surface area contributed by atoms with E-state index in [0.717, 1.165) is 57.1 Å². The van der Waals surface area contributed by atoms with Crippen molar-refractivity contribution in [1.82, 2.24) is 0 Å². The Morgan fingerprint density at radius 2 is 0.541 bits per heavy atom. The summed E-state index contributed by atoms with van der Waals surface area (Å²) in [4.78, 5) is 4.75. The van der Waals surface area contributed by atoms with E-state index in [4.69, 9.17) is 9.47 Å². The first kappa shape index (κ1) is 39.8. The van der Waals surface area contributed by atoms with E-state index >= 15 is 0 Å². The van der Waals surface area contributed by atoms with Gasteiger partial charge in [0, 0.05) is 11.4 Å². The number of nitrogens with zero attached hydrogens (tertiary/aromatic N) is 2. The van der Waals surface area contributed by atoms with E-state index in [0.29, 0.717) is 0 Å². The molecule has 15 aromatic rings. The number of anilines is 6. The second kappa shape index (κ2) is 14.8. The van der Waals surface area contributed by atoms with Crippen LogP contribution in [-0.2, 0) is 0 Å². The van der Waals surface area contributed by atoms with Crippen molar-refractivity contribution < 1.29 is 9.47 Å². The minimum absolute atomic E-state index is 0.824. The van der Waals surface area contributed by atoms with Crippen LogP contribution in [0.15, 0.2) is 243 Å². The highest BCUT2D eigenvalue weighted by Gasteiger charge is 2.30. The largest absolute Gasteiger partial charge is 0.453 e. The third kappa shape index (κ3) is 5.46. The fraction of sp³-hybridized carbons (Fsp3) is 0. The molecule has 0 amide bonds. The highest BCUT2D eigenvalue weighted by Crippen LogP contribution is 2.56. The molecule has 15 aromatic carbocycles. The Morgan fingerprint density at radius 3 is 0.919 bits per heavy atom. The van der Waals surface area contributed by atoms with E-state index in [-0.39, 0.29) is 0 Å². The van der Waals surface area contributed by atoms with Gasteiger partial charge in [0.1, 0.15) is 0 Å².